The van der Waals surface area contributed by atoms with E-state index in [9.17, 15) is 0 Å². The van der Waals surface area contributed by atoms with Gasteiger partial charge in [0.05, 0.1) is 0 Å². The van der Waals surface area contributed by atoms with Gasteiger partial charge in [0.25, 0.3) is 0 Å². The van der Waals surface area contributed by atoms with Gasteiger partial charge < -0.3 is 19.7 Å². The topological polar surface area (TPSA) is 33.7 Å². The Bertz CT molecular complexity index is 430. The maximum atomic E-state index is 5.52. The fourth-order valence-corrected chi connectivity index (χ4v) is 3.07. The van der Waals surface area contributed by atoms with E-state index in [0.717, 1.165) is 30.7 Å². The monoisotopic (exact) mass is 342 g/mol. The molecule has 1 aromatic rings. The van der Waals surface area contributed by atoms with Crippen molar-refractivity contribution in [3.8, 4) is 0 Å². The SMILES string of the molecule is CCNCc1cc(Br)ccc1N1CC(OC)C(OC)C1. The average molecular weight is 343 g/mol. The van der Waals surface area contributed by atoms with Crippen molar-refractivity contribution in [1.29, 1.82) is 0 Å². The van der Waals surface area contributed by atoms with E-state index in [1.54, 1.807) is 14.2 Å². The zero-order chi connectivity index (χ0) is 14.5. The lowest BCUT2D eigenvalue weighted by molar-refractivity contribution is -0.00461. The highest BCUT2D eigenvalue weighted by atomic mass is 79.9. The quantitative estimate of drug-likeness (QED) is 0.860. The molecule has 0 amide bonds. The average Bonchev–Trinajstić information content (AvgIpc) is 2.88. The molecule has 1 aliphatic heterocycles. The summed E-state index contributed by atoms with van der Waals surface area (Å²) in [5.41, 5.74) is 2.56. The van der Waals surface area contributed by atoms with Gasteiger partial charge >= 0.3 is 0 Å². The molecular weight excluding hydrogens is 320 g/mol. The minimum Gasteiger partial charge on any atom is -0.377 e. The second kappa shape index (κ2) is 7.41. The molecule has 2 rings (SSSR count). The van der Waals surface area contributed by atoms with Gasteiger partial charge in [-0.05, 0) is 30.3 Å². The number of ether oxygens (including phenoxy) is 2. The first-order valence-electron chi connectivity index (χ1n) is 6.99. The molecule has 112 valence electrons. The van der Waals surface area contributed by atoms with E-state index in [1.165, 1.54) is 11.3 Å². The Hall–Kier alpha value is -0.620. The van der Waals surface area contributed by atoms with E-state index < -0.39 is 0 Å². The van der Waals surface area contributed by atoms with Crippen LogP contribution in [0, 0.1) is 0 Å². The van der Waals surface area contributed by atoms with Gasteiger partial charge in [0.2, 0.25) is 0 Å². The minimum atomic E-state index is 0.135. The van der Waals surface area contributed by atoms with E-state index in [4.69, 9.17) is 9.47 Å². The van der Waals surface area contributed by atoms with Gasteiger partial charge in [-0.1, -0.05) is 22.9 Å². The van der Waals surface area contributed by atoms with Crippen LogP contribution in [0.4, 0.5) is 5.69 Å². The molecule has 0 saturated carbocycles. The molecule has 20 heavy (non-hydrogen) atoms. The molecule has 1 aromatic carbocycles. The summed E-state index contributed by atoms with van der Waals surface area (Å²) in [6.07, 6.45) is 0.270. The highest BCUT2D eigenvalue weighted by molar-refractivity contribution is 9.10. The van der Waals surface area contributed by atoms with Crippen molar-refractivity contribution in [1.82, 2.24) is 5.32 Å². The van der Waals surface area contributed by atoms with Crippen LogP contribution in [-0.2, 0) is 16.0 Å². The number of hydrogen-bond donors (Lipinski definition) is 1. The molecular formula is C15H23BrN2O2. The van der Waals surface area contributed by atoms with Crippen molar-refractivity contribution < 1.29 is 9.47 Å². The first kappa shape index (κ1) is 15.8. The van der Waals surface area contributed by atoms with Gasteiger partial charge in [-0.15, -0.1) is 0 Å². The highest BCUT2D eigenvalue weighted by Crippen LogP contribution is 2.29. The summed E-state index contributed by atoms with van der Waals surface area (Å²) in [5, 5.41) is 3.40. The van der Waals surface area contributed by atoms with E-state index in [2.05, 4.69) is 51.3 Å². The van der Waals surface area contributed by atoms with Crippen molar-refractivity contribution in [3.63, 3.8) is 0 Å². The Morgan fingerprint density at radius 2 is 1.90 bits per heavy atom. The van der Waals surface area contributed by atoms with E-state index in [1.807, 2.05) is 0 Å². The number of nitrogens with one attached hydrogen (secondary N) is 1. The summed E-state index contributed by atoms with van der Waals surface area (Å²) in [4.78, 5) is 2.35. The Balaban J connectivity index is 2.19. The van der Waals surface area contributed by atoms with Gasteiger partial charge in [0.1, 0.15) is 12.2 Å². The molecule has 5 heteroatoms. The van der Waals surface area contributed by atoms with Gasteiger partial charge in [0.15, 0.2) is 0 Å². The Kier molecular flexibility index (Phi) is 5.84. The van der Waals surface area contributed by atoms with Crippen LogP contribution in [0.1, 0.15) is 12.5 Å². The maximum Gasteiger partial charge on any atom is 0.102 e. The van der Waals surface area contributed by atoms with Crippen molar-refractivity contribution in [3.05, 3.63) is 28.2 Å². The molecule has 1 heterocycles. The normalized spacial score (nSPS) is 22.5. The second-order valence-corrected chi connectivity index (χ2v) is 5.92. The number of hydrogen-bond acceptors (Lipinski definition) is 4. The van der Waals surface area contributed by atoms with Crippen molar-refractivity contribution in [2.75, 3.05) is 38.8 Å². The summed E-state index contributed by atoms with van der Waals surface area (Å²) in [7, 11) is 3.50. The van der Waals surface area contributed by atoms with E-state index in [-0.39, 0.29) is 12.2 Å². The van der Waals surface area contributed by atoms with Crippen LogP contribution in [0.3, 0.4) is 0 Å². The molecule has 1 saturated heterocycles. The molecule has 4 nitrogen and oxygen atoms in total. The third kappa shape index (κ3) is 3.52. The molecule has 1 fully saturated rings. The lowest BCUT2D eigenvalue weighted by Gasteiger charge is -2.22. The summed E-state index contributed by atoms with van der Waals surface area (Å²) < 4.78 is 12.2. The van der Waals surface area contributed by atoms with Crippen molar-refractivity contribution in [2.45, 2.75) is 25.7 Å². The van der Waals surface area contributed by atoms with Crippen LogP contribution in [0.2, 0.25) is 0 Å². The van der Waals surface area contributed by atoms with Gasteiger partial charge in [-0.3, -0.25) is 0 Å². The lowest BCUT2D eigenvalue weighted by atomic mass is 10.1. The number of halogens is 1. The molecule has 0 aromatic heterocycles. The van der Waals surface area contributed by atoms with Crippen LogP contribution in [0.15, 0.2) is 22.7 Å². The number of anilines is 1. The zero-order valence-corrected chi connectivity index (χ0v) is 13.9. The minimum absolute atomic E-state index is 0.135. The van der Waals surface area contributed by atoms with Gasteiger partial charge in [-0.2, -0.15) is 0 Å². The highest BCUT2D eigenvalue weighted by Gasteiger charge is 2.33. The van der Waals surface area contributed by atoms with Crippen molar-refractivity contribution >= 4 is 21.6 Å². The van der Waals surface area contributed by atoms with Gasteiger partial charge in [-0.25, -0.2) is 0 Å². The van der Waals surface area contributed by atoms with Crippen LogP contribution in [0.5, 0.6) is 0 Å². The van der Waals surface area contributed by atoms with Gasteiger partial charge in [0, 0.05) is 44.0 Å². The molecule has 0 spiro atoms. The predicted octanol–water partition coefficient (Wildman–Crippen LogP) is 2.41. The van der Waals surface area contributed by atoms with Crippen molar-refractivity contribution in [2.24, 2.45) is 0 Å². The molecule has 2 unspecified atom stereocenters. The molecule has 1 aliphatic rings. The number of benzene rings is 1. The number of rotatable bonds is 6. The van der Waals surface area contributed by atoms with Crippen LogP contribution < -0.4 is 10.2 Å². The zero-order valence-electron chi connectivity index (χ0n) is 12.4. The smallest absolute Gasteiger partial charge is 0.102 e. The summed E-state index contributed by atoms with van der Waals surface area (Å²) >= 11 is 3.55. The Morgan fingerprint density at radius 3 is 2.45 bits per heavy atom. The van der Waals surface area contributed by atoms with E-state index in [0.29, 0.717) is 0 Å². The largest absolute Gasteiger partial charge is 0.377 e. The number of nitrogens with zero attached hydrogens (tertiary/aromatic N) is 1. The second-order valence-electron chi connectivity index (χ2n) is 5.01. The molecule has 0 bridgehead atoms. The van der Waals surface area contributed by atoms with Crippen LogP contribution in [-0.4, -0.2) is 46.1 Å². The third-order valence-electron chi connectivity index (χ3n) is 3.77. The number of methoxy groups -OCH3 is 2. The predicted molar refractivity (Wildman–Crippen MR) is 85.3 cm³/mol. The fourth-order valence-electron chi connectivity index (χ4n) is 2.66. The molecule has 1 N–H and O–H groups in total. The van der Waals surface area contributed by atoms with Crippen LogP contribution in [0.25, 0.3) is 0 Å². The Morgan fingerprint density at radius 1 is 1.25 bits per heavy atom. The Labute approximate surface area is 129 Å². The molecule has 2 atom stereocenters. The maximum absolute atomic E-state index is 5.52. The van der Waals surface area contributed by atoms with Crippen LogP contribution >= 0.6 is 15.9 Å². The standard InChI is InChI=1S/C15H23BrN2O2/c1-4-17-8-11-7-12(16)5-6-13(11)18-9-14(19-2)15(10-18)20-3/h5-7,14-15,17H,4,8-10H2,1-3H3. The molecule has 0 radical (unpaired) electrons. The lowest BCUT2D eigenvalue weighted by Crippen LogP contribution is -2.27. The summed E-state index contributed by atoms with van der Waals surface area (Å²) in [6, 6.07) is 6.44. The molecule has 0 aliphatic carbocycles. The third-order valence-corrected chi connectivity index (χ3v) is 4.26. The first-order chi connectivity index (χ1) is 9.69. The fraction of sp³-hybridized carbons (Fsp3) is 0.600. The van der Waals surface area contributed by atoms with E-state index >= 15 is 0 Å². The first-order valence-corrected chi connectivity index (χ1v) is 7.78. The summed E-state index contributed by atoms with van der Waals surface area (Å²) in [5.74, 6) is 0. The summed E-state index contributed by atoms with van der Waals surface area (Å²) in [6.45, 7) is 5.70.